The number of fused-ring (bicyclic) bond motifs is 1. The van der Waals surface area contributed by atoms with Crippen LogP contribution in [0, 0.1) is 0 Å². The summed E-state index contributed by atoms with van der Waals surface area (Å²) in [6, 6.07) is 3.90. The van der Waals surface area contributed by atoms with Crippen molar-refractivity contribution >= 4 is 44.8 Å². The highest BCUT2D eigenvalue weighted by Gasteiger charge is 2.45. The van der Waals surface area contributed by atoms with Crippen LogP contribution in [-0.2, 0) is 14.8 Å². The highest BCUT2D eigenvalue weighted by atomic mass is 32.2. The minimum absolute atomic E-state index is 0. The van der Waals surface area contributed by atoms with Gasteiger partial charge in [0.15, 0.2) is 11.8 Å². The predicted octanol–water partition coefficient (Wildman–Crippen LogP) is -0.424. The molecule has 1 unspecified atom stereocenters. The Kier molecular flexibility index (Phi) is 4.16. The summed E-state index contributed by atoms with van der Waals surface area (Å²) in [4.78, 5) is 22.7. The second kappa shape index (κ2) is 4.96. The maximum Gasteiger partial charge on any atom is 0.330 e. The summed E-state index contributed by atoms with van der Waals surface area (Å²) in [5.74, 6) is -2.19. The molecule has 1 aliphatic rings. The maximum atomic E-state index is 12.0. The first kappa shape index (κ1) is 15.1. The summed E-state index contributed by atoms with van der Waals surface area (Å²) in [7, 11) is -2.83. The number of carbonyl (C=O) groups excluding carboxylic acids is 1. The molecular formula is C10H9MgNO5S. The lowest BCUT2D eigenvalue weighted by Gasteiger charge is -2.29. The number of hydrogen-bond acceptors (Lipinski definition) is 4. The van der Waals surface area contributed by atoms with Crippen molar-refractivity contribution in [3.8, 4) is 0 Å². The van der Waals surface area contributed by atoms with Gasteiger partial charge in [0.05, 0.1) is 4.90 Å². The highest BCUT2D eigenvalue weighted by molar-refractivity contribution is 7.89. The molecule has 1 heterocycles. The molecule has 0 amide bonds. The van der Waals surface area contributed by atoms with Crippen molar-refractivity contribution in [3.05, 3.63) is 29.8 Å². The van der Waals surface area contributed by atoms with Gasteiger partial charge >= 0.3 is 5.97 Å². The smallest absolute Gasteiger partial charge is 0.330 e. The molecule has 2 radical (unpaired) electrons. The Balaban J connectivity index is 0.00000162. The van der Waals surface area contributed by atoms with Crippen LogP contribution in [0.25, 0.3) is 0 Å². The van der Waals surface area contributed by atoms with Gasteiger partial charge in [-0.2, -0.15) is 4.31 Å². The average molecular weight is 280 g/mol. The van der Waals surface area contributed by atoms with Crippen molar-refractivity contribution in [2.45, 2.75) is 10.9 Å². The van der Waals surface area contributed by atoms with E-state index < -0.39 is 27.8 Å². The predicted molar refractivity (Wildman–Crippen MR) is 62.9 cm³/mol. The summed E-state index contributed by atoms with van der Waals surface area (Å²) in [5, 5.41) is 8.91. The van der Waals surface area contributed by atoms with Crippen LogP contribution in [0.2, 0.25) is 0 Å². The second-order valence-corrected chi connectivity index (χ2v) is 5.59. The number of Topliss-reactive ketones (excluding diaryl/α,β-unsaturated/α-hetero) is 1. The summed E-state index contributed by atoms with van der Waals surface area (Å²) < 4.78 is 24.5. The van der Waals surface area contributed by atoms with Gasteiger partial charge in [0.25, 0.3) is 0 Å². The number of carboxylic acid groups (broad SMARTS) is 1. The van der Waals surface area contributed by atoms with Gasteiger partial charge in [0.1, 0.15) is 0 Å². The molecule has 8 heteroatoms. The van der Waals surface area contributed by atoms with E-state index in [2.05, 4.69) is 0 Å². The topological polar surface area (TPSA) is 91.8 Å². The molecule has 0 aliphatic carbocycles. The minimum Gasteiger partial charge on any atom is -0.480 e. The zero-order chi connectivity index (χ0) is 12.8. The average Bonchev–Trinajstić information content (AvgIpc) is 2.27. The van der Waals surface area contributed by atoms with Gasteiger partial charge in [-0.05, 0) is 12.1 Å². The third kappa shape index (κ3) is 2.05. The minimum atomic E-state index is -3.92. The molecule has 1 atom stereocenters. The van der Waals surface area contributed by atoms with Gasteiger partial charge in [0, 0.05) is 35.7 Å². The molecule has 0 bridgehead atoms. The molecule has 1 aromatic rings. The van der Waals surface area contributed by atoms with E-state index in [1.807, 2.05) is 0 Å². The van der Waals surface area contributed by atoms with Gasteiger partial charge in [-0.25, -0.2) is 13.2 Å². The molecule has 92 valence electrons. The number of aliphatic carboxylic acids is 1. The van der Waals surface area contributed by atoms with Gasteiger partial charge in [0.2, 0.25) is 10.0 Å². The largest absolute Gasteiger partial charge is 0.480 e. The maximum absolute atomic E-state index is 12.0. The van der Waals surface area contributed by atoms with Crippen molar-refractivity contribution in [1.29, 1.82) is 0 Å². The SMILES string of the molecule is CN1C(C(=O)O)C(=O)c2ccccc2S1(=O)=O.[Mg]. The first-order valence-corrected chi connectivity index (χ1v) is 6.15. The molecule has 1 aromatic carbocycles. The molecule has 0 saturated carbocycles. The van der Waals surface area contributed by atoms with E-state index in [1.165, 1.54) is 24.3 Å². The number of likely N-dealkylation sites (N-methyl/N-ethyl adjacent to an activating group) is 1. The molecule has 0 fully saturated rings. The quantitative estimate of drug-likeness (QED) is 0.556. The van der Waals surface area contributed by atoms with E-state index in [-0.39, 0.29) is 33.5 Å². The van der Waals surface area contributed by atoms with Gasteiger partial charge in [-0.1, -0.05) is 12.1 Å². The van der Waals surface area contributed by atoms with E-state index in [0.717, 1.165) is 7.05 Å². The van der Waals surface area contributed by atoms with Crippen LogP contribution in [0.1, 0.15) is 10.4 Å². The van der Waals surface area contributed by atoms with Gasteiger partial charge in [-0.3, -0.25) is 4.79 Å². The van der Waals surface area contributed by atoms with E-state index in [1.54, 1.807) is 0 Å². The zero-order valence-electron chi connectivity index (χ0n) is 9.53. The van der Waals surface area contributed by atoms with Crippen molar-refractivity contribution in [3.63, 3.8) is 0 Å². The monoisotopic (exact) mass is 279 g/mol. The number of rotatable bonds is 1. The molecule has 18 heavy (non-hydrogen) atoms. The van der Waals surface area contributed by atoms with Crippen molar-refractivity contribution in [1.82, 2.24) is 4.31 Å². The van der Waals surface area contributed by atoms with Gasteiger partial charge in [-0.15, -0.1) is 0 Å². The zero-order valence-corrected chi connectivity index (χ0v) is 11.8. The molecule has 0 aromatic heterocycles. The van der Waals surface area contributed by atoms with E-state index in [0.29, 0.717) is 4.31 Å². The fourth-order valence-corrected chi connectivity index (χ4v) is 3.24. The van der Waals surface area contributed by atoms with Crippen LogP contribution in [0.3, 0.4) is 0 Å². The van der Waals surface area contributed by atoms with Crippen LogP contribution in [0.4, 0.5) is 0 Å². The third-order valence-corrected chi connectivity index (χ3v) is 4.54. The van der Waals surface area contributed by atoms with Crippen molar-refractivity contribution in [2.75, 3.05) is 7.05 Å². The number of sulfonamides is 1. The second-order valence-electron chi connectivity index (χ2n) is 3.62. The molecule has 0 saturated heterocycles. The lowest BCUT2D eigenvalue weighted by Crippen LogP contribution is -2.51. The molecular weight excluding hydrogens is 270 g/mol. The molecule has 1 aliphatic heterocycles. The Hall–Kier alpha value is -0.964. The normalized spacial score (nSPS) is 21.8. The fraction of sp³-hybridized carbons (Fsp3) is 0.200. The Labute approximate surface area is 120 Å². The fourth-order valence-electron chi connectivity index (χ4n) is 1.77. The first-order valence-electron chi connectivity index (χ1n) is 4.71. The van der Waals surface area contributed by atoms with E-state index in [4.69, 9.17) is 5.11 Å². The number of carboxylic acids is 1. The van der Waals surface area contributed by atoms with Crippen LogP contribution in [-0.4, -0.2) is 65.7 Å². The Morgan fingerprint density at radius 3 is 2.44 bits per heavy atom. The summed E-state index contributed by atoms with van der Waals surface area (Å²) in [5.41, 5.74) is -0.0713. The molecule has 1 N–H and O–H groups in total. The van der Waals surface area contributed by atoms with Crippen LogP contribution >= 0.6 is 0 Å². The number of carbonyl (C=O) groups is 2. The van der Waals surface area contributed by atoms with Crippen LogP contribution < -0.4 is 0 Å². The Bertz CT molecular complexity index is 612. The first-order chi connectivity index (χ1) is 7.87. The Morgan fingerprint density at radius 1 is 1.33 bits per heavy atom. The lowest BCUT2D eigenvalue weighted by atomic mass is 10.0. The standard InChI is InChI=1S/C10H9NO5S.Mg/c1-11-8(10(13)14)9(12)6-4-2-3-5-7(6)17(11,15)16;/h2-5,8H,1H3,(H,13,14);. The van der Waals surface area contributed by atoms with E-state index in [9.17, 15) is 18.0 Å². The third-order valence-electron chi connectivity index (χ3n) is 2.66. The van der Waals surface area contributed by atoms with Crippen LogP contribution in [0.5, 0.6) is 0 Å². The number of ketones is 1. The number of benzene rings is 1. The van der Waals surface area contributed by atoms with Crippen molar-refractivity contribution in [2.24, 2.45) is 0 Å². The number of nitrogens with zero attached hydrogens (tertiary/aromatic N) is 1. The van der Waals surface area contributed by atoms with E-state index >= 15 is 0 Å². The Morgan fingerprint density at radius 2 is 1.89 bits per heavy atom. The molecule has 6 nitrogen and oxygen atoms in total. The van der Waals surface area contributed by atoms with Crippen LogP contribution in [0.15, 0.2) is 29.2 Å². The highest BCUT2D eigenvalue weighted by Crippen LogP contribution is 2.28. The summed E-state index contributed by atoms with van der Waals surface area (Å²) in [6.45, 7) is 0. The van der Waals surface area contributed by atoms with Crippen molar-refractivity contribution < 1.29 is 23.1 Å². The van der Waals surface area contributed by atoms with Gasteiger partial charge < -0.3 is 5.11 Å². The lowest BCUT2D eigenvalue weighted by molar-refractivity contribution is -0.139. The number of hydrogen-bond donors (Lipinski definition) is 1. The summed E-state index contributed by atoms with van der Waals surface area (Å²) in [6.07, 6.45) is 0. The summed E-state index contributed by atoms with van der Waals surface area (Å²) >= 11 is 0. The molecule has 2 rings (SSSR count). The molecule has 0 spiro atoms.